The molecule has 0 aliphatic carbocycles. The zero-order valence-corrected chi connectivity index (χ0v) is 20.4. The Morgan fingerprint density at radius 3 is 1.84 bits per heavy atom. The lowest BCUT2D eigenvalue weighted by Gasteiger charge is -2.50. The van der Waals surface area contributed by atoms with E-state index in [9.17, 15) is 5.11 Å². The number of hydrogen-bond donors (Lipinski definition) is 1. The lowest BCUT2D eigenvalue weighted by Crippen LogP contribution is -2.70. The number of hydrogen-bond acceptors (Lipinski definition) is 4. The number of anilines is 1. The van der Waals surface area contributed by atoms with Crippen LogP contribution in [-0.4, -0.2) is 45.8 Å². The maximum Gasteiger partial charge on any atom is 0.261 e. The third-order valence-corrected chi connectivity index (χ3v) is 11.5. The topological polar surface area (TPSA) is 41.9 Å². The first-order valence-electron chi connectivity index (χ1n) is 11.2. The van der Waals surface area contributed by atoms with Crippen molar-refractivity contribution in [2.24, 2.45) is 0 Å². The predicted molar refractivity (Wildman–Crippen MR) is 134 cm³/mol. The van der Waals surface area contributed by atoms with Crippen LogP contribution in [0.1, 0.15) is 20.8 Å². The van der Waals surface area contributed by atoms with Crippen molar-refractivity contribution in [1.29, 1.82) is 0 Å². The molecular weight excluding hydrogens is 414 g/mol. The number of methoxy groups -OCH3 is 1. The average molecular weight is 448 g/mol. The normalized spacial score (nSPS) is 18.8. The maximum absolute atomic E-state index is 10.7. The summed E-state index contributed by atoms with van der Waals surface area (Å²) in [5, 5.41) is 13.1. The van der Waals surface area contributed by atoms with Crippen LogP contribution in [0.3, 0.4) is 0 Å². The number of β-amino-alcohol motifs (C(OH)–C–C–N with tert-alkyl or cyclic N) is 1. The molecular formula is C27H33NO3Si. The average Bonchev–Trinajstić information content (AvgIpc) is 2.80. The summed E-state index contributed by atoms with van der Waals surface area (Å²) in [5.41, 5.74) is 1.08. The van der Waals surface area contributed by atoms with E-state index in [1.165, 1.54) is 10.4 Å². The molecule has 3 aromatic carbocycles. The van der Waals surface area contributed by atoms with Gasteiger partial charge in [0.1, 0.15) is 5.75 Å². The molecule has 1 aliphatic heterocycles. The second kappa shape index (κ2) is 9.10. The van der Waals surface area contributed by atoms with Crippen LogP contribution >= 0.6 is 0 Å². The molecule has 0 bridgehead atoms. The van der Waals surface area contributed by atoms with E-state index in [4.69, 9.17) is 9.16 Å². The number of ether oxygens (including phenoxy) is 1. The quantitative estimate of drug-likeness (QED) is 0.559. The SMILES string of the molecule is COc1ccc(N2C[C@H](O)[C@H]2CO[Si](c2ccccc2)(c2ccccc2)C(C)(C)C)cc1. The van der Waals surface area contributed by atoms with Crippen LogP contribution in [0.2, 0.25) is 5.04 Å². The molecule has 1 fully saturated rings. The minimum absolute atomic E-state index is 0.0787. The van der Waals surface area contributed by atoms with E-state index in [-0.39, 0.29) is 11.1 Å². The van der Waals surface area contributed by atoms with Crippen LogP contribution in [-0.2, 0) is 4.43 Å². The van der Waals surface area contributed by atoms with Gasteiger partial charge >= 0.3 is 0 Å². The summed E-state index contributed by atoms with van der Waals surface area (Å²) in [4.78, 5) is 2.22. The van der Waals surface area contributed by atoms with Crippen molar-refractivity contribution in [2.75, 3.05) is 25.2 Å². The Bertz CT molecular complexity index is 963. The second-order valence-corrected chi connectivity index (χ2v) is 13.8. The van der Waals surface area contributed by atoms with Gasteiger partial charge in [-0.3, -0.25) is 0 Å². The highest BCUT2D eigenvalue weighted by atomic mass is 28.4. The summed E-state index contributed by atoms with van der Waals surface area (Å²) in [5.74, 6) is 0.829. The Labute approximate surface area is 192 Å². The minimum atomic E-state index is -2.63. The number of rotatable bonds is 7. The van der Waals surface area contributed by atoms with Gasteiger partial charge in [0.15, 0.2) is 0 Å². The summed E-state index contributed by atoms with van der Waals surface area (Å²) in [6.45, 7) is 7.91. The Morgan fingerprint density at radius 2 is 1.41 bits per heavy atom. The van der Waals surface area contributed by atoms with Gasteiger partial charge in [-0.15, -0.1) is 0 Å². The van der Waals surface area contributed by atoms with Crippen molar-refractivity contribution in [3.05, 3.63) is 84.9 Å². The van der Waals surface area contributed by atoms with Crippen molar-refractivity contribution < 1.29 is 14.3 Å². The zero-order chi connectivity index (χ0) is 22.8. The van der Waals surface area contributed by atoms with Crippen LogP contribution in [0.25, 0.3) is 0 Å². The summed E-state index contributed by atoms with van der Waals surface area (Å²) >= 11 is 0. The van der Waals surface area contributed by atoms with E-state index in [0.29, 0.717) is 13.2 Å². The van der Waals surface area contributed by atoms with E-state index < -0.39 is 14.4 Å². The number of aliphatic hydroxyl groups excluding tert-OH is 1. The Hall–Kier alpha value is -2.60. The Morgan fingerprint density at radius 1 is 0.875 bits per heavy atom. The van der Waals surface area contributed by atoms with Gasteiger partial charge in [0.25, 0.3) is 8.32 Å². The van der Waals surface area contributed by atoms with Gasteiger partial charge in [-0.1, -0.05) is 81.4 Å². The fourth-order valence-corrected chi connectivity index (χ4v) is 9.35. The number of nitrogens with zero attached hydrogens (tertiary/aromatic N) is 1. The first-order chi connectivity index (χ1) is 15.4. The molecule has 0 unspecified atom stereocenters. The molecule has 4 nitrogen and oxygen atoms in total. The molecule has 0 saturated carbocycles. The third-order valence-electron chi connectivity index (χ3n) is 6.52. The molecule has 0 spiro atoms. The first-order valence-corrected chi connectivity index (χ1v) is 13.1. The van der Waals surface area contributed by atoms with E-state index >= 15 is 0 Å². The number of aliphatic hydroxyl groups is 1. The third kappa shape index (κ3) is 4.08. The minimum Gasteiger partial charge on any atom is -0.497 e. The monoisotopic (exact) mass is 447 g/mol. The van der Waals surface area contributed by atoms with Crippen LogP contribution < -0.4 is 20.0 Å². The lowest BCUT2D eigenvalue weighted by molar-refractivity contribution is 0.0621. The fraction of sp³-hybridized carbons (Fsp3) is 0.333. The molecule has 168 valence electrons. The molecule has 1 saturated heterocycles. The van der Waals surface area contributed by atoms with E-state index in [2.05, 4.69) is 86.3 Å². The van der Waals surface area contributed by atoms with Gasteiger partial charge in [-0.25, -0.2) is 0 Å². The van der Waals surface area contributed by atoms with Gasteiger partial charge in [-0.05, 0) is 39.7 Å². The smallest absolute Gasteiger partial charge is 0.261 e. The second-order valence-electron chi connectivity index (χ2n) is 9.46. The van der Waals surface area contributed by atoms with Gasteiger partial charge in [-0.2, -0.15) is 0 Å². The zero-order valence-electron chi connectivity index (χ0n) is 19.4. The summed E-state index contributed by atoms with van der Waals surface area (Å²) in [6, 6.07) is 29.2. The Kier molecular flexibility index (Phi) is 6.42. The standard InChI is InChI=1S/C27H33NO3Si/c1-27(2,3)32(23-11-7-5-8-12-23,24-13-9-6-10-14-24)31-20-25-26(29)19-28(25)21-15-17-22(30-4)18-16-21/h5-18,25-26,29H,19-20H2,1-4H3/t25-,26+/m1/s1. The van der Waals surface area contributed by atoms with E-state index in [0.717, 1.165) is 11.4 Å². The molecule has 3 aromatic rings. The van der Waals surface area contributed by atoms with Gasteiger partial charge in [0.05, 0.1) is 25.9 Å². The molecule has 0 aromatic heterocycles. The van der Waals surface area contributed by atoms with E-state index in [1.807, 2.05) is 24.3 Å². The van der Waals surface area contributed by atoms with Crippen molar-refractivity contribution in [1.82, 2.24) is 0 Å². The van der Waals surface area contributed by atoms with Crippen LogP contribution in [0, 0.1) is 0 Å². The van der Waals surface area contributed by atoms with Gasteiger partial charge < -0.3 is 19.2 Å². The summed E-state index contributed by atoms with van der Waals surface area (Å²) < 4.78 is 12.3. The molecule has 1 aliphatic rings. The van der Waals surface area contributed by atoms with Crippen molar-refractivity contribution >= 4 is 24.4 Å². The van der Waals surface area contributed by atoms with Crippen molar-refractivity contribution in [3.8, 4) is 5.75 Å². The molecule has 2 atom stereocenters. The predicted octanol–water partition coefficient (Wildman–Crippen LogP) is 3.82. The van der Waals surface area contributed by atoms with Crippen LogP contribution in [0.4, 0.5) is 5.69 Å². The van der Waals surface area contributed by atoms with Crippen molar-refractivity contribution in [3.63, 3.8) is 0 Å². The molecule has 32 heavy (non-hydrogen) atoms. The van der Waals surface area contributed by atoms with E-state index in [1.54, 1.807) is 7.11 Å². The molecule has 1 heterocycles. The molecule has 0 amide bonds. The molecule has 4 rings (SSSR count). The Balaban J connectivity index is 1.67. The number of benzene rings is 3. The van der Waals surface area contributed by atoms with Crippen LogP contribution in [0.15, 0.2) is 84.9 Å². The fourth-order valence-electron chi connectivity index (χ4n) is 4.77. The summed E-state index contributed by atoms with van der Waals surface area (Å²) in [7, 11) is -0.958. The van der Waals surface area contributed by atoms with Gasteiger partial charge in [0, 0.05) is 12.2 Å². The summed E-state index contributed by atoms with van der Waals surface area (Å²) in [6.07, 6.45) is -0.407. The highest BCUT2D eigenvalue weighted by Gasteiger charge is 2.51. The molecule has 1 N–H and O–H groups in total. The highest BCUT2D eigenvalue weighted by Crippen LogP contribution is 2.38. The molecule has 5 heteroatoms. The van der Waals surface area contributed by atoms with Gasteiger partial charge in [0.2, 0.25) is 0 Å². The maximum atomic E-state index is 10.7. The van der Waals surface area contributed by atoms with Crippen molar-refractivity contribution in [2.45, 2.75) is 38.0 Å². The first kappa shape index (κ1) is 22.6. The molecule has 0 radical (unpaired) electrons. The van der Waals surface area contributed by atoms with Crippen LogP contribution in [0.5, 0.6) is 5.75 Å². The largest absolute Gasteiger partial charge is 0.497 e. The highest BCUT2D eigenvalue weighted by molar-refractivity contribution is 6.99. The lowest BCUT2D eigenvalue weighted by atomic mass is 9.99.